The highest BCUT2D eigenvalue weighted by Gasteiger charge is 2.62. The lowest BCUT2D eigenvalue weighted by Crippen LogP contribution is -2.14. The molecule has 148 valence electrons. The highest BCUT2D eigenvalue weighted by molar-refractivity contribution is 5.80. The van der Waals surface area contributed by atoms with Crippen molar-refractivity contribution in [3.8, 4) is 5.75 Å². The Morgan fingerprint density at radius 3 is 2.57 bits per heavy atom. The fourth-order valence-corrected chi connectivity index (χ4v) is 3.58. The maximum absolute atomic E-state index is 12.6. The van der Waals surface area contributed by atoms with Gasteiger partial charge in [0.05, 0.1) is 5.92 Å². The summed E-state index contributed by atoms with van der Waals surface area (Å²) in [7, 11) is 0. The van der Waals surface area contributed by atoms with Gasteiger partial charge in [-0.25, -0.2) is 0 Å². The molecule has 1 aromatic carbocycles. The molecule has 1 heterocycles. The molecule has 1 aliphatic rings. The summed E-state index contributed by atoms with van der Waals surface area (Å²) < 4.78 is 36.8. The molecule has 0 N–H and O–H groups in total. The molecule has 0 bridgehead atoms. The summed E-state index contributed by atoms with van der Waals surface area (Å²) in [5, 5.41) is 0. The van der Waals surface area contributed by atoms with Crippen LogP contribution >= 0.6 is 0 Å². The molecule has 28 heavy (non-hydrogen) atoms. The Labute approximate surface area is 163 Å². The first-order chi connectivity index (χ1) is 13.2. The number of hydrogen-bond donors (Lipinski definition) is 0. The Kier molecular flexibility index (Phi) is 5.54. The molecule has 0 aliphatic heterocycles. The van der Waals surface area contributed by atoms with E-state index in [-0.39, 0.29) is 0 Å². The van der Waals surface area contributed by atoms with E-state index in [0.29, 0.717) is 30.1 Å². The molecule has 2 aromatic rings. The van der Waals surface area contributed by atoms with Crippen LogP contribution in [-0.4, -0.2) is 5.97 Å². The maximum atomic E-state index is 12.6. The van der Waals surface area contributed by atoms with E-state index in [4.69, 9.17) is 9.15 Å². The Balaban J connectivity index is 1.79. The number of benzene rings is 1. The average Bonchev–Trinajstić information content (AvgIpc) is 2.93. The van der Waals surface area contributed by atoms with Crippen LogP contribution in [0.15, 0.2) is 65.1 Å². The number of ether oxygens (including phenoxy) is 1. The van der Waals surface area contributed by atoms with Crippen molar-refractivity contribution in [1.82, 2.24) is 0 Å². The second-order valence-corrected chi connectivity index (χ2v) is 8.00. The molecular formula is C23H24F2O3. The Morgan fingerprint density at radius 1 is 1.29 bits per heavy atom. The zero-order chi connectivity index (χ0) is 20.5. The number of carbonyl (C=O) groups excluding carboxylic acids is 1. The second kappa shape index (κ2) is 7.74. The number of allylic oxidation sites excluding steroid dienone is 2. The van der Waals surface area contributed by atoms with Crippen molar-refractivity contribution in [3.63, 3.8) is 0 Å². The number of carbonyl (C=O) groups is 1. The van der Waals surface area contributed by atoms with E-state index in [0.717, 1.165) is 17.2 Å². The largest absolute Gasteiger partial charge is 0.461 e. The molecule has 1 aliphatic carbocycles. The predicted octanol–water partition coefficient (Wildman–Crippen LogP) is 5.95. The van der Waals surface area contributed by atoms with Gasteiger partial charge in [-0.2, -0.15) is 8.78 Å². The summed E-state index contributed by atoms with van der Waals surface area (Å²) in [4.78, 5) is 12.6. The minimum atomic E-state index is -1.77. The van der Waals surface area contributed by atoms with Crippen molar-refractivity contribution in [2.24, 2.45) is 17.3 Å². The number of furan rings is 1. The second-order valence-electron chi connectivity index (χ2n) is 8.00. The summed E-state index contributed by atoms with van der Waals surface area (Å²) in [5.74, 6) is -0.0994. The molecule has 1 aromatic heterocycles. The number of esters is 1. The van der Waals surface area contributed by atoms with Gasteiger partial charge >= 0.3 is 5.97 Å². The minimum absolute atomic E-state index is 0.338. The van der Waals surface area contributed by atoms with Gasteiger partial charge in [-0.3, -0.25) is 4.79 Å². The standard InChI is InChI=1S/C23H24F2O3/c1-14(2)10-18-19(12-16(27-18)11-15-8-6-5-7-9-15)28-22(26)21-17(13-20(24)25)23(21,3)4/h5-9,12-13,17,21H,1,10-11H2,2-4H3. The third kappa shape index (κ3) is 4.41. The van der Waals surface area contributed by atoms with Gasteiger partial charge in [-0.05, 0) is 24.0 Å². The molecule has 2 atom stereocenters. The Hall–Kier alpha value is -2.69. The van der Waals surface area contributed by atoms with Gasteiger partial charge < -0.3 is 9.15 Å². The lowest BCUT2D eigenvalue weighted by Gasteiger charge is -2.05. The predicted molar refractivity (Wildman–Crippen MR) is 103 cm³/mol. The van der Waals surface area contributed by atoms with E-state index < -0.39 is 29.3 Å². The summed E-state index contributed by atoms with van der Waals surface area (Å²) in [6.07, 6.45) is 0.0737. The number of halogens is 2. The summed E-state index contributed by atoms with van der Waals surface area (Å²) >= 11 is 0. The van der Waals surface area contributed by atoms with Gasteiger partial charge in [0.25, 0.3) is 6.08 Å². The van der Waals surface area contributed by atoms with Gasteiger partial charge in [0.15, 0.2) is 11.5 Å². The molecule has 1 fully saturated rings. The molecule has 3 nitrogen and oxygen atoms in total. The van der Waals surface area contributed by atoms with Gasteiger partial charge in [0.1, 0.15) is 5.76 Å². The van der Waals surface area contributed by atoms with Crippen LogP contribution in [0.2, 0.25) is 0 Å². The molecule has 1 saturated carbocycles. The van der Waals surface area contributed by atoms with Crippen LogP contribution in [0.4, 0.5) is 8.78 Å². The molecular weight excluding hydrogens is 362 g/mol. The maximum Gasteiger partial charge on any atom is 0.315 e. The summed E-state index contributed by atoms with van der Waals surface area (Å²) in [5.41, 5.74) is 1.39. The summed E-state index contributed by atoms with van der Waals surface area (Å²) in [6, 6.07) is 11.5. The lowest BCUT2D eigenvalue weighted by atomic mass is 10.1. The topological polar surface area (TPSA) is 39.4 Å². The van der Waals surface area contributed by atoms with Gasteiger partial charge in [-0.15, -0.1) is 0 Å². The van der Waals surface area contributed by atoms with E-state index >= 15 is 0 Å². The van der Waals surface area contributed by atoms with Gasteiger partial charge in [0.2, 0.25) is 0 Å². The van der Waals surface area contributed by atoms with Crippen LogP contribution in [-0.2, 0) is 17.6 Å². The van der Waals surface area contributed by atoms with Crippen LogP contribution in [0.3, 0.4) is 0 Å². The minimum Gasteiger partial charge on any atom is -0.461 e. The molecule has 0 spiro atoms. The zero-order valence-corrected chi connectivity index (χ0v) is 16.3. The number of rotatable bonds is 7. The normalized spacial score (nSPS) is 19.8. The van der Waals surface area contributed by atoms with Crippen molar-refractivity contribution in [2.45, 2.75) is 33.6 Å². The van der Waals surface area contributed by atoms with Crippen molar-refractivity contribution < 1.29 is 22.7 Å². The van der Waals surface area contributed by atoms with Crippen LogP contribution in [0.1, 0.15) is 37.9 Å². The van der Waals surface area contributed by atoms with Gasteiger partial charge in [-0.1, -0.05) is 56.3 Å². The van der Waals surface area contributed by atoms with Crippen LogP contribution in [0.25, 0.3) is 0 Å². The Morgan fingerprint density at radius 2 is 1.96 bits per heavy atom. The van der Waals surface area contributed by atoms with Crippen molar-refractivity contribution >= 4 is 5.97 Å². The fourth-order valence-electron chi connectivity index (χ4n) is 3.58. The van der Waals surface area contributed by atoms with Gasteiger partial charge in [0, 0.05) is 24.8 Å². The van der Waals surface area contributed by atoms with E-state index in [1.54, 1.807) is 19.9 Å². The van der Waals surface area contributed by atoms with Crippen LogP contribution in [0.5, 0.6) is 5.75 Å². The first kappa shape index (κ1) is 20.1. The van der Waals surface area contributed by atoms with Crippen molar-refractivity contribution in [2.75, 3.05) is 0 Å². The van der Waals surface area contributed by atoms with E-state index in [1.807, 2.05) is 37.3 Å². The first-order valence-corrected chi connectivity index (χ1v) is 9.23. The SMILES string of the molecule is C=C(C)Cc1oc(Cc2ccccc2)cc1OC(=O)C1C(C=C(F)F)C1(C)C. The zero-order valence-electron chi connectivity index (χ0n) is 16.3. The number of hydrogen-bond acceptors (Lipinski definition) is 3. The highest BCUT2D eigenvalue weighted by Crippen LogP contribution is 2.60. The molecule has 0 saturated heterocycles. The average molecular weight is 386 g/mol. The lowest BCUT2D eigenvalue weighted by molar-refractivity contribution is -0.136. The highest BCUT2D eigenvalue weighted by atomic mass is 19.3. The van der Waals surface area contributed by atoms with Crippen molar-refractivity contribution in [1.29, 1.82) is 0 Å². The molecule has 0 radical (unpaired) electrons. The summed E-state index contributed by atoms with van der Waals surface area (Å²) in [6.45, 7) is 9.32. The quantitative estimate of drug-likeness (QED) is 0.436. The van der Waals surface area contributed by atoms with E-state index in [9.17, 15) is 13.6 Å². The smallest absolute Gasteiger partial charge is 0.315 e. The molecule has 3 rings (SSSR count). The fraction of sp³-hybridized carbons (Fsp3) is 0.348. The first-order valence-electron chi connectivity index (χ1n) is 9.23. The third-order valence-corrected chi connectivity index (χ3v) is 5.19. The van der Waals surface area contributed by atoms with E-state index in [2.05, 4.69) is 6.58 Å². The van der Waals surface area contributed by atoms with E-state index in [1.165, 1.54) is 0 Å². The molecule has 0 amide bonds. The molecule has 5 heteroatoms. The third-order valence-electron chi connectivity index (χ3n) is 5.19. The van der Waals surface area contributed by atoms with Crippen LogP contribution < -0.4 is 4.74 Å². The monoisotopic (exact) mass is 386 g/mol. The Bertz CT molecular complexity index is 905. The molecule has 2 unspecified atom stereocenters. The van der Waals surface area contributed by atoms with Crippen LogP contribution in [0, 0.1) is 17.3 Å². The van der Waals surface area contributed by atoms with Crippen molar-refractivity contribution in [3.05, 3.63) is 77.8 Å².